The van der Waals surface area contributed by atoms with E-state index in [1.54, 1.807) is 0 Å². The molecule has 10 nitrogen and oxygen atoms in total. The van der Waals surface area contributed by atoms with Crippen LogP contribution >= 0.6 is 22.9 Å². The Bertz CT molecular complexity index is 975. The summed E-state index contributed by atoms with van der Waals surface area (Å²) in [6, 6.07) is -0.273. The molecule has 0 radical (unpaired) electrons. The first kappa shape index (κ1) is 24.1. The first-order valence-electron chi connectivity index (χ1n) is 10.4. The molecule has 2 aromatic heterocycles. The molecule has 0 unspecified atom stereocenters. The first-order chi connectivity index (χ1) is 15.2. The summed E-state index contributed by atoms with van der Waals surface area (Å²) in [6.45, 7) is 6.62. The van der Waals surface area contributed by atoms with Gasteiger partial charge in [-0.1, -0.05) is 36.8 Å². The summed E-state index contributed by atoms with van der Waals surface area (Å²) in [5.74, 6) is -1.78. The highest BCUT2D eigenvalue weighted by Crippen LogP contribution is 2.30. The van der Waals surface area contributed by atoms with E-state index in [2.05, 4.69) is 20.3 Å². The van der Waals surface area contributed by atoms with Gasteiger partial charge in [-0.15, -0.1) is 0 Å². The normalized spacial score (nSPS) is 18.6. The molecule has 1 amide bonds. The van der Waals surface area contributed by atoms with Gasteiger partial charge in [0.1, 0.15) is 10.6 Å². The molecule has 2 atom stereocenters. The Balaban J connectivity index is 1.76. The summed E-state index contributed by atoms with van der Waals surface area (Å²) in [5.41, 5.74) is 0.657. The Kier molecular flexibility index (Phi) is 7.86. The molecule has 1 aliphatic rings. The Morgan fingerprint density at radius 3 is 2.66 bits per heavy atom. The van der Waals surface area contributed by atoms with E-state index >= 15 is 0 Å². The fraction of sp³-hybridized carbons (Fsp3) is 0.550. The molecule has 174 valence electrons. The number of ketones is 1. The van der Waals surface area contributed by atoms with Crippen LogP contribution in [0.1, 0.15) is 70.1 Å². The maximum atomic E-state index is 12.7. The van der Waals surface area contributed by atoms with Crippen LogP contribution < -0.4 is 10.2 Å². The number of aromatic carboxylic acids is 1. The van der Waals surface area contributed by atoms with Crippen molar-refractivity contribution in [1.82, 2.24) is 20.3 Å². The predicted molar refractivity (Wildman–Crippen MR) is 120 cm³/mol. The molecular formula is C20H26ClN5O5S. The molecule has 1 fully saturated rings. The highest BCUT2D eigenvalue weighted by atomic mass is 35.5. The number of Topliss-reactive ketones (excluding diaryl/α,β-unsaturated/α-hetero) is 1. The number of ether oxygens (including phenoxy) is 1. The fourth-order valence-electron chi connectivity index (χ4n) is 3.49. The summed E-state index contributed by atoms with van der Waals surface area (Å²) >= 11 is 7.02. The number of carboxylic acids is 1. The zero-order valence-corrected chi connectivity index (χ0v) is 19.7. The average molecular weight is 484 g/mol. The van der Waals surface area contributed by atoms with E-state index in [0.29, 0.717) is 43.4 Å². The molecule has 0 bridgehead atoms. The van der Waals surface area contributed by atoms with Gasteiger partial charge in [0.05, 0.1) is 17.8 Å². The minimum Gasteiger partial charge on any atom is -0.477 e. The van der Waals surface area contributed by atoms with Crippen LogP contribution in [-0.4, -0.2) is 69.6 Å². The Labute approximate surface area is 194 Å². The molecule has 12 heteroatoms. The van der Waals surface area contributed by atoms with E-state index in [4.69, 9.17) is 16.3 Å². The Hall–Kier alpha value is -2.50. The molecule has 2 aromatic rings. The van der Waals surface area contributed by atoms with Crippen molar-refractivity contribution < 1.29 is 24.2 Å². The number of halogens is 1. The molecule has 32 heavy (non-hydrogen) atoms. The molecule has 3 rings (SSSR count). The number of rotatable bonds is 9. The highest BCUT2D eigenvalue weighted by Gasteiger charge is 2.34. The first-order valence-corrected chi connectivity index (χ1v) is 11.6. The van der Waals surface area contributed by atoms with Crippen LogP contribution in [0.15, 0.2) is 0 Å². The number of anilines is 1. The lowest BCUT2D eigenvalue weighted by atomic mass is 10.0. The van der Waals surface area contributed by atoms with Crippen LogP contribution in [0.25, 0.3) is 0 Å². The number of carboxylic acid groups (broad SMARTS) is 1. The molecule has 3 N–H and O–H groups in total. The lowest BCUT2D eigenvalue weighted by Crippen LogP contribution is -2.55. The molecule has 1 saturated heterocycles. The lowest BCUT2D eigenvalue weighted by molar-refractivity contribution is 0.0204. The number of imidazole rings is 1. The van der Waals surface area contributed by atoms with Crippen molar-refractivity contribution in [1.29, 1.82) is 0 Å². The number of H-pyrrole nitrogens is 1. The van der Waals surface area contributed by atoms with Gasteiger partial charge in [-0.25, -0.2) is 14.8 Å². The van der Waals surface area contributed by atoms with E-state index in [1.165, 1.54) is 6.92 Å². The molecular weight excluding hydrogens is 458 g/mol. The van der Waals surface area contributed by atoms with Crippen LogP contribution in [0.2, 0.25) is 5.15 Å². The van der Waals surface area contributed by atoms with Gasteiger partial charge in [0, 0.05) is 26.6 Å². The number of hydrogen-bond donors (Lipinski definition) is 3. The third-order valence-electron chi connectivity index (χ3n) is 5.12. The number of nitrogens with zero attached hydrogens (tertiary/aromatic N) is 3. The number of aromatic amines is 1. The summed E-state index contributed by atoms with van der Waals surface area (Å²) in [7, 11) is 0. The number of piperidine rings is 1. The van der Waals surface area contributed by atoms with Crippen LogP contribution in [0, 0.1) is 0 Å². The summed E-state index contributed by atoms with van der Waals surface area (Å²) in [5, 5.41) is 13.1. The minimum atomic E-state index is -1.18. The topological polar surface area (TPSA) is 138 Å². The zero-order chi connectivity index (χ0) is 23.4. The Morgan fingerprint density at radius 2 is 2.09 bits per heavy atom. The number of carbonyl (C=O) groups excluding carboxylic acids is 2. The molecule has 0 saturated carbocycles. The number of aromatic nitrogens is 3. The molecule has 3 heterocycles. The van der Waals surface area contributed by atoms with Crippen LogP contribution in [0.4, 0.5) is 5.13 Å². The van der Waals surface area contributed by atoms with Gasteiger partial charge in [-0.05, 0) is 19.3 Å². The largest absolute Gasteiger partial charge is 0.477 e. The van der Waals surface area contributed by atoms with E-state index < -0.39 is 11.8 Å². The zero-order valence-electron chi connectivity index (χ0n) is 18.1. The number of nitrogens with one attached hydrogen (secondary N) is 2. The monoisotopic (exact) mass is 483 g/mol. The molecule has 0 spiro atoms. The number of hydrogen-bond acceptors (Lipinski definition) is 8. The number of carbonyl (C=O) groups is 3. The minimum absolute atomic E-state index is 0.0413. The van der Waals surface area contributed by atoms with Crippen molar-refractivity contribution in [2.24, 2.45) is 0 Å². The van der Waals surface area contributed by atoms with E-state index in [-0.39, 0.29) is 39.6 Å². The van der Waals surface area contributed by atoms with Gasteiger partial charge in [-0.2, -0.15) is 0 Å². The van der Waals surface area contributed by atoms with Crippen molar-refractivity contribution in [3.8, 4) is 0 Å². The quantitative estimate of drug-likeness (QED) is 0.463. The number of amides is 1. The van der Waals surface area contributed by atoms with Gasteiger partial charge in [0.15, 0.2) is 21.9 Å². The SMILES string of the molecule is CCCO[C@H]1CN(c2nc(C(C)=O)c(C(=O)O)s2)CC[C@H]1NC(=O)c1nc(Cl)c(CC)[nH]1. The van der Waals surface area contributed by atoms with Gasteiger partial charge in [0.25, 0.3) is 5.91 Å². The van der Waals surface area contributed by atoms with Crippen molar-refractivity contribution in [2.75, 3.05) is 24.6 Å². The second kappa shape index (κ2) is 10.4. The second-order valence-electron chi connectivity index (χ2n) is 7.47. The van der Waals surface area contributed by atoms with Crippen LogP contribution in [0.5, 0.6) is 0 Å². The van der Waals surface area contributed by atoms with Crippen molar-refractivity contribution >= 4 is 45.7 Å². The molecule has 0 aromatic carbocycles. The lowest BCUT2D eigenvalue weighted by Gasteiger charge is -2.38. The van der Waals surface area contributed by atoms with Gasteiger partial charge in [-0.3, -0.25) is 9.59 Å². The number of thiazole rings is 1. The van der Waals surface area contributed by atoms with E-state index in [0.717, 1.165) is 17.8 Å². The average Bonchev–Trinajstić information content (AvgIpc) is 3.37. The summed E-state index contributed by atoms with van der Waals surface area (Å²) in [4.78, 5) is 49.1. The van der Waals surface area contributed by atoms with Gasteiger partial charge >= 0.3 is 5.97 Å². The highest BCUT2D eigenvalue weighted by molar-refractivity contribution is 7.17. The summed E-state index contributed by atoms with van der Waals surface area (Å²) < 4.78 is 6.00. The predicted octanol–water partition coefficient (Wildman–Crippen LogP) is 2.79. The summed E-state index contributed by atoms with van der Waals surface area (Å²) in [6.07, 6.45) is 1.64. The second-order valence-corrected chi connectivity index (χ2v) is 8.80. The smallest absolute Gasteiger partial charge is 0.348 e. The van der Waals surface area contributed by atoms with Crippen molar-refractivity contribution in [3.05, 3.63) is 27.2 Å². The van der Waals surface area contributed by atoms with E-state index in [9.17, 15) is 19.5 Å². The van der Waals surface area contributed by atoms with Crippen LogP contribution in [-0.2, 0) is 11.2 Å². The number of aryl methyl sites for hydroxylation is 1. The van der Waals surface area contributed by atoms with E-state index in [1.807, 2.05) is 18.7 Å². The van der Waals surface area contributed by atoms with Crippen molar-refractivity contribution in [3.63, 3.8) is 0 Å². The fourth-order valence-corrected chi connectivity index (χ4v) is 4.74. The standard InChI is InChI=1S/C20H26ClN5O5S/c1-4-8-31-13-9-26(20-24-14(10(3)27)15(32-20)19(29)30)7-6-12(13)23-18(28)17-22-11(5-2)16(21)25-17/h12-13H,4-9H2,1-3H3,(H,22,25)(H,23,28)(H,29,30)/t12-,13+/m1/s1. The van der Waals surface area contributed by atoms with Crippen molar-refractivity contribution in [2.45, 2.75) is 52.2 Å². The molecule has 0 aliphatic carbocycles. The van der Waals surface area contributed by atoms with Gasteiger partial charge < -0.3 is 25.0 Å². The molecule has 1 aliphatic heterocycles. The maximum Gasteiger partial charge on any atom is 0.348 e. The third-order valence-corrected chi connectivity index (χ3v) is 6.54. The van der Waals surface area contributed by atoms with Crippen LogP contribution in [0.3, 0.4) is 0 Å². The Morgan fingerprint density at radius 1 is 1.34 bits per heavy atom. The third kappa shape index (κ3) is 5.28. The maximum absolute atomic E-state index is 12.7. The van der Waals surface area contributed by atoms with Gasteiger partial charge in [0.2, 0.25) is 0 Å².